The van der Waals surface area contributed by atoms with E-state index in [9.17, 15) is 4.79 Å². The van der Waals surface area contributed by atoms with Gasteiger partial charge < -0.3 is 14.4 Å². The minimum Gasteiger partial charge on any atom is -0.493 e. The molecule has 0 saturated heterocycles. The molecule has 0 fully saturated rings. The molecule has 1 aromatic heterocycles. The highest BCUT2D eigenvalue weighted by Crippen LogP contribution is 2.30. The van der Waals surface area contributed by atoms with Crippen molar-refractivity contribution in [3.63, 3.8) is 0 Å². The maximum atomic E-state index is 12.6. The van der Waals surface area contributed by atoms with Crippen molar-refractivity contribution in [1.82, 2.24) is 14.7 Å². The van der Waals surface area contributed by atoms with Gasteiger partial charge in [-0.3, -0.25) is 9.48 Å². The van der Waals surface area contributed by atoms with Gasteiger partial charge in [-0.05, 0) is 50.1 Å². The summed E-state index contributed by atoms with van der Waals surface area (Å²) in [5.41, 5.74) is 2.50. The van der Waals surface area contributed by atoms with Crippen LogP contribution in [-0.2, 0) is 6.54 Å². The minimum atomic E-state index is -0.108. The van der Waals surface area contributed by atoms with Crippen molar-refractivity contribution in [2.24, 2.45) is 0 Å². The molecule has 0 atom stereocenters. The Hall–Kier alpha value is -2.50. The summed E-state index contributed by atoms with van der Waals surface area (Å²) in [6.07, 6.45) is 1.83. The second-order valence-corrected chi connectivity index (χ2v) is 6.07. The van der Waals surface area contributed by atoms with E-state index in [0.29, 0.717) is 23.7 Å². The quantitative estimate of drug-likeness (QED) is 0.816. The Balaban J connectivity index is 2.19. The summed E-state index contributed by atoms with van der Waals surface area (Å²) in [4.78, 5) is 14.2. The molecule has 6 nitrogen and oxygen atoms in total. The van der Waals surface area contributed by atoms with Crippen LogP contribution in [0.4, 0.5) is 0 Å². The monoisotopic (exact) mass is 331 g/mol. The third kappa shape index (κ3) is 3.69. The van der Waals surface area contributed by atoms with Gasteiger partial charge in [0, 0.05) is 25.8 Å². The zero-order valence-electron chi connectivity index (χ0n) is 15.2. The van der Waals surface area contributed by atoms with Crippen LogP contribution in [0.15, 0.2) is 24.4 Å². The van der Waals surface area contributed by atoms with E-state index in [-0.39, 0.29) is 11.9 Å². The summed E-state index contributed by atoms with van der Waals surface area (Å²) in [5, 5.41) is 4.34. The van der Waals surface area contributed by atoms with Crippen molar-refractivity contribution in [1.29, 1.82) is 0 Å². The molecule has 0 N–H and O–H groups in total. The Bertz CT molecular complexity index is 722. The molecule has 6 heteroatoms. The normalized spacial score (nSPS) is 10.8. The second-order valence-electron chi connectivity index (χ2n) is 6.07. The van der Waals surface area contributed by atoms with E-state index >= 15 is 0 Å². The standard InChI is InChI=1S/C18H25N3O3/c1-12(2)21-8-7-15(19-21)18(22)20(4)11-14-10-17(24-6)16(23-5)9-13(14)3/h7-10,12H,11H2,1-6H3. The topological polar surface area (TPSA) is 56.6 Å². The van der Waals surface area contributed by atoms with Crippen molar-refractivity contribution in [3.05, 3.63) is 41.2 Å². The largest absolute Gasteiger partial charge is 0.493 e. The van der Waals surface area contributed by atoms with Crippen LogP contribution in [0.25, 0.3) is 0 Å². The van der Waals surface area contributed by atoms with Crippen LogP contribution in [0.2, 0.25) is 0 Å². The number of methoxy groups -OCH3 is 2. The lowest BCUT2D eigenvalue weighted by atomic mass is 10.1. The predicted octanol–water partition coefficient (Wildman–Crippen LogP) is 3.06. The van der Waals surface area contributed by atoms with Gasteiger partial charge in [-0.1, -0.05) is 0 Å². The lowest BCUT2D eigenvalue weighted by Crippen LogP contribution is -2.27. The molecule has 0 aliphatic rings. The van der Waals surface area contributed by atoms with Gasteiger partial charge in [0.25, 0.3) is 5.91 Å². The highest BCUT2D eigenvalue weighted by molar-refractivity contribution is 5.92. The molecule has 0 bridgehead atoms. The van der Waals surface area contributed by atoms with Crippen LogP contribution in [0.1, 0.15) is 41.5 Å². The average molecular weight is 331 g/mol. The first-order valence-corrected chi connectivity index (χ1v) is 7.89. The van der Waals surface area contributed by atoms with E-state index in [0.717, 1.165) is 11.1 Å². The summed E-state index contributed by atoms with van der Waals surface area (Å²) < 4.78 is 12.4. The molecule has 130 valence electrons. The molecule has 0 aliphatic carbocycles. The number of benzene rings is 1. The lowest BCUT2D eigenvalue weighted by molar-refractivity contribution is 0.0778. The van der Waals surface area contributed by atoms with Crippen molar-refractivity contribution < 1.29 is 14.3 Å². The number of aromatic nitrogens is 2. The molecular formula is C18H25N3O3. The first kappa shape index (κ1) is 17.8. The van der Waals surface area contributed by atoms with Crippen molar-refractivity contribution >= 4 is 5.91 Å². The van der Waals surface area contributed by atoms with E-state index in [1.807, 2.05) is 39.1 Å². The van der Waals surface area contributed by atoms with Crippen LogP contribution in [-0.4, -0.2) is 41.9 Å². The van der Waals surface area contributed by atoms with Gasteiger partial charge in [0.05, 0.1) is 14.2 Å². The number of ether oxygens (including phenoxy) is 2. The number of rotatable bonds is 6. The third-order valence-corrected chi connectivity index (χ3v) is 3.95. The van der Waals surface area contributed by atoms with Gasteiger partial charge in [-0.25, -0.2) is 0 Å². The summed E-state index contributed by atoms with van der Waals surface area (Å²) >= 11 is 0. The first-order chi connectivity index (χ1) is 11.4. The Kier molecular flexibility index (Phi) is 5.49. The summed E-state index contributed by atoms with van der Waals surface area (Å²) in [6, 6.07) is 5.80. The summed E-state index contributed by atoms with van der Waals surface area (Å²) in [7, 11) is 4.98. The zero-order chi connectivity index (χ0) is 17.9. The van der Waals surface area contributed by atoms with Crippen LogP contribution in [0.3, 0.4) is 0 Å². The van der Waals surface area contributed by atoms with Gasteiger partial charge in [-0.2, -0.15) is 5.10 Å². The van der Waals surface area contributed by atoms with Crippen LogP contribution in [0, 0.1) is 6.92 Å². The van der Waals surface area contributed by atoms with Crippen LogP contribution >= 0.6 is 0 Å². The zero-order valence-corrected chi connectivity index (χ0v) is 15.2. The Morgan fingerprint density at radius 2 is 1.88 bits per heavy atom. The van der Waals surface area contributed by atoms with Gasteiger partial charge in [0.1, 0.15) is 5.69 Å². The van der Waals surface area contributed by atoms with Gasteiger partial charge in [-0.15, -0.1) is 0 Å². The smallest absolute Gasteiger partial charge is 0.274 e. The minimum absolute atomic E-state index is 0.108. The molecular weight excluding hydrogens is 306 g/mol. The van der Waals surface area contributed by atoms with Crippen molar-refractivity contribution in [3.8, 4) is 11.5 Å². The number of carbonyl (C=O) groups excluding carboxylic acids is 1. The molecule has 1 heterocycles. The van der Waals surface area contributed by atoms with E-state index in [1.54, 1.807) is 36.9 Å². The molecule has 1 aromatic carbocycles. The van der Waals surface area contributed by atoms with Gasteiger partial charge >= 0.3 is 0 Å². The van der Waals surface area contributed by atoms with Crippen molar-refractivity contribution in [2.75, 3.05) is 21.3 Å². The summed E-state index contributed by atoms with van der Waals surface area (Å²) in [6.45, 7) is 6.51. The summed E-state index contributed by atoms with van der Waals surface area (Å²) in [5.74, 6) is 1.23. The molecule has 1 amide bonds. The lowest BCUT2D eigenvalue weighted by Gasteiger charge is -2.19. The predicted molar refractivity (Wildman–Crippen MR) is 92.7 cm³/mol. The SMILES string of the molecule is COc1cc(C)c(CN(C)C(=O)c2ccn(C(C)C)n2)cc1OC. The highest BCUT2D eigenvalue weighted by atomic mass is 16.5. The number of amides is 1. The number of hydrogen-bond acceptors (Lipinski definition) is 4. The van der Waals surface area contributed by atoms with Gasteiger partial charge in [0.2, 0.25) is 0 Å². The molecule has 2 rings (SSSR count). The van der Waals surface area contributed by atoms with E-state index in [4.69, 9.17) is 9.47 Å². The molecule has 24 heavy (non-hydrogen) atoms. The number of hydrogen-bond donors (Lipinski definition) is 0. The molecule has 0 spiro atoms. The Labute approximate surface area is 143 Å². The van der Waals surface area contributed by atoms with E-state index in [1.165, 1.54) is 0 Å². The molecule has 0 saturated carbocycles. The van der Waals surface area contributed by atoms with E-state index < -0.39 is 0 Å². The molecule has 2 aromatic rings. The fourth-order valence-corrected chi connectivity index (χ4v) is 2.46. The third-order valence-electron chi connectivity index (χ3n) is 3.95. The van der Waals surface area contributed by atoms with Crippen molar-refractivity contribution in [2.45, 2.75) is 33.4 Å². The Morgan fingerprint density at radius 3 is 2.42 bits per heavy atom. The highest BCUT2D eigenvalue weighted by Gasteiger charge is 2.17. The maximum absolute atomic E-state index is 12.6. The van der Waals surface area contributed by atoms with Gasteiger partial charge in [0.15, 0.2) is 11.5 Å². The number of carbonyl (C=O) groups is 1. The molecule has 0 unspecified atom stereocenters. The number of nitrogens with zero attached hydrogens (tertiary/aromatic N) is 3. The molecule has 0 radical (unpaired) electrons. The first-order valence-electron chi connectivity index (χ1n) is 7.89. The van der Waals surface area contributed by atoms with Crippen LogP contribution in [0.5, 0.6) is 11.5 Å². The van der Waals surface area contributed by atoms with E-state index in [2.05, 4.69) is 5.10 Å². The Morgan fingerprint density at radius 1 is 1.25 bits per heavy atom. The average Bonchev–Trinajstić information content (AvgIpc) is 3.05. The fraction of sp³-hybridized carbons (Fsp3) is 0.444. The molecule has 0 aliphatic heterocycles. The number of aryl methyl sites for hydroxylation is 1. The van der Waals surface area contributed by atoms with Crippen LogP contribution < -0.4 is 9.47 Å². The fourth-order valence-electron chi connectivity index (χ4n) is 2.46. The second kappa shape index (κ2) is 7.38. The maximum Gasteiger partial charge on any atom is 0.274 e.